The number of hydrogen-bond donors (Lipinski definition) is 0. The third-order valence-corrected chi connectivity index (χ3v) is 8.07. The van der Waals surface area contributed by atoms with Crippen LogP contribution in [0.3, 0.4) is 0 Å². The highest BCUT2D eigenvalue weighted by molar-refractivity contribution is 7.89. The Labute approximate surface area is 197 Å². The summed E-state index contributed by atoms with van der Waals surface area (Å²) in [7, 11) is -0.716. The second-order valence-corrected chi connectivity index (χ2v) is 10.7. The van der Waals surface area contributed by atoms with Gasteiger partial charge in [0.05, 0.1) is 19.1 Å². The van der Waals surface area contributed by atoms with E-state index in [2.05, 4.69) is 0 Å². The van der Waals surface area contributed by atoms with Crippen LogP contribution in [-0.2, 0) is 14.8 Å². The molecule has 0 N–H and O–H groups in total. The number of methoxy groups -OCH3 is 2. The molecule has 2 aromatic rings. The lowest BCUT2D eigenvalue weighted by molar-refractivity contribution is -0.123. The zero-order chi connectivity index (χ0) is 24.3. The number of sulfonamides is 1. The highest BCUT2D eigenvalue weighted by Gasteiger charge is 2.35. The monoisotopic (exact) mass is 474 g/mol. The number of carbonyl (C=O) groups is 1. The fourth-order valence-corrected chi connectivity index (χ4v) is 5.78. The summed E-state index contributed by atoms with van der Waals surface area (Å²) >= 11 is 0. The van der Waals surface area contributed by atoms with E-state index in [0.29, 0.717) is 37.4 Å². The van der Waals surface area contributed by atoms with Crippen molar-refractivity contribution in [3.63, 3.8) is 0 Å². The lowest BCUT2D eigenvalue weighted by Crippen LogP contribution is -2.46. The van der Waals surface area contributed by atoms with Crippen molar-refractivity contribution >= 4 is 21.6 Å². The molecule has 0 bridgehead atoms. The summed E-state index contributed by atoms with van der Waals surface area (Å²) in [6, 6.07) is 10.7. The maximum atomic E-state index is 13.5. The van der Waals surface area contributed by atoms with Crippen LogP contribution in [0.25, 0.3) is 0 Å². The van der Waals surface area contributed by atoms with Crippen LogP contribution in [0.2, 0.25) is 0 Å². The predicted octanol–water partition coefficient (Wildman–Crippen LogP) is 4.16. The van der Waals surface area contributed by atoms with Crippen LogP contribution in [0.5, 0.6) is 11.5 Å². The van der Waals surface area contributed by atoms with Crippen molar-refractivity contribution in [2.24, 2.45) is 5.92 Å². The minimum absolute atomic E-state index is 0.00604. The molecule has 0 aliphatic carbocycles. The van der Waals surface area contributed by atoms with E-state index in [-0.39, 0.29) is 22.8 Å². The van der Waals surface area contributed by atoms with Crippen molar-refractivity contribution in [1.82, 2.24) is 4.31 Å². The molecule has 0 unspecified atom stereocenters. The predicted molar refractivity (Wildman–Crippen MR) is 130 cm³/mol. The summed E-state index contributed by atoms with van der Waals surface area (Å²) < 4.78 is 38.3. The van der Waals surface area contributed by atoms with E-state index < -0.39 is 10.0 Å². The van der Waals surface area contributed by atoms with Gasteiger partial charge in [-0.3, -0.25) is 4.79 Å². The first-order valence-electron chi connectivity index (χ1n) is 11.2. The van der Waals surface area contributed by atoms with Gasteiger partial charge in [0, 0.05) is 36.8 Å². The molecule has 0 spiro atoms. The minimum Gasteiger partial charge on any atom is -0.493 e. The Morgan fingerprint density at radius 2 is 1.64 bits per heavy atom. The van der Waals surface area contributed by atoms with Gasteiger partial charge in [0.15, 0.2) is 11.5 Å². The van der Waals surface area contributed by atoms with Crippen molar-refractivity contribution < 1.29 is 22.7 Å². The molecule has 0 saturated carbocycles. The van der Waals surface area contributed by atoms with Crippen LogP contribution in [0.1, 0.15) is 37.8 Å². The Hall–Kier alpha value is -2.58. The Balaban J connectivity index is 1.77. The molecule has 1 aliphatic heterocycles. The van der Waals surface area contributed by atoms with Crippen molar-refractivity contribution in [3.8, 4) is 11.5 Å². The van der Waals surface area contributed by atoms with Gasteiger partial charge in [-0.05, 0) is 69.9 Å². The highest BCUT2D eigenvalue weighted by atomic mass is 32.2. The largest absolute Gasteiger partial charge is 0.493 e. The first kappa shape index (κ1) is 25.1. The van der Waals surface area contributed by atoms with E-state index in [9.17, 15) is 13.2 Å². The van der Waals surface area contributed by atoms with Gasteiger partial charge in [0.1, 0.15) is 0 Å². The van der Waals surface area contributed by atoms with Crippen molar-refractivity contribution in [2.75, 3.05) is 32.2 Å². The van der Waals surface area contributed by atoms with Crippen LogP contribution in [0.15, 0.2) is 41.3 Å². The number of piperidine rings is 1. The van der Waals surface area contributed by atoms with Crippen LogP contribution < -0.4 is 14.4 Å². The molecule has 0 atom stereocenters. The van der Waals surface area contributed by atoms with E-state index in [0.717, 1.165) is 16.8 Å². The van der Waals surface area contributed by atoms with Gasteiger partial charge in [-0.25, -0.2) is 8.42 Å². The highest BCUT2D eigenvalue weighted by Crippen LogP contribution is 2.33. The number of ether oxygens (including phenoxy) is 2. The normalized spacial score (nSPS) is 15.5. The Bertz CT molecular complexity index is 1110. The fourth-order valence-electron chi connectivity index (χ4n) is 4.30. The molecular weight excluding hydrogens is 440 g/mol. The smallest absolute Gasteiger partial charge is 0.243 e. The molecule has 1 fully saturated rings. The summed E-state index contributed by atoms with van der Waals surface area (Å²) in [5.74, 6) is 0.678. The van der Waals surface area contributed by atoms with Gasteiger partial charge < -0.3 is 14.4 Å². The summed E-state index contributed by atoms with van der Waals surface area (Å²) in [6.07, 6.45) is 0.971. The molecule has 1 saturated heterocycles. The second kappa shape index (κ2) is 10.1. The van der Waals surface area contributed by atoms with Gasteiger partial charge in [-0.15, -0.1) is 0 Å². The second-order valence-electron chi connectivity index (χ2n) is 8.79. The van der Waals surface area contributed by atoms with Crippen molar-refractivity contribution in [2.45, 2.75) is 51.5 Å². The van der Waals surface area contributed by atoms with Gasteiger partial charge in [-0.1, -0.05) is 12.1 Å². The van der Waals surface area contributed by atoms with E-state index in [1.807, 2.05) is 50.8 Å². The lowest BCUT2D eigenvalue weighted by atomic mass is 9.95. The van der Waals surface area contributed by atoms with Crippen LogP contribution >= 0.6 is 0 Å². The lowest BCUT2D eigenvalue weighted by Gasteiger charge is -2.36. The third-order valence-electron chi connectivity index (χ3n) is 6.17. The summed E-state index contributed by atoms with van der Waals surface area (Å²) in [5, 5.41) is 0. The molecule has 1 heterocycles. The summed E-state index contributed by atoms with van der Waals surface area (Å²) in [4.78, 5) is 15.5. The topological polar surface area (TPSA) is 76.2 Å². The Morgan fingerprint density at radius 3 is 2.21 bits per heavy atom. The summed E-state index contributed by atoms with van der Waals surface area (Å²) in [5.41, 5.74) is 3.08. The molecule has 0 radical (unpaired) electrons. The minimum atomic E-state index is -3.70. The van der Waals surface area contributed by atoms with Gasteiger partial charge in [0.25, 0.3) is 0 Å². The van der Waals surface area contributed by atoms with E-state index in [1.165, 1.54) is 30.7 Å². The van der Waals surface area contributed by atoms with E-state index >= 15 is 0 Å². The Morgan fingerprint density at radius 1 is 1.00 bits per heavy atom. The number of hydrogen-bond acceptors (Lipinski definition) is 5. The molecule has 2 aromatic carbocycles. The standard InChI is InChI=1S/C25H34N2O5S/c1-17(2)27(22-15-18(3)7-8-19(22)4)25(28)20-11-13-26(14-12-20)33(29,30)21-9-10-23(31-5)24(16-21)32-6/h7-10,15-17,20H,11-14H2,1-6H3. The average molecular weight is 475 g/mol. The van der Waals surface area contributed by atoms with E-state index in [1.54, 1.807) is 6.07 Å². The molecule has 180 valence electrons. The van der Waals surface area contributed by atoms with Crippen LogP contribution in [0, 0.1) is 19.8 Å². The Kier molecular flexibility index (Phi) is 7.69. The fraction of sp³-hybridized carbons (Fsp3) is 0.480. The van der Waals surface area contributed by atoms with E-state index in [4.69, 9.17) is 9.47 Å². The molecule has 7 nitrogen and oxygen atoms in total. The zero-order valence-corrected chi connectivity index (χ0v) is 21.1. The molecule has 8 heteroatoms. The maximum Gasteiger partial charge on any atom is 0.243 e. The number of rotatable bonds is 7. The molecule has 0 aromatic heterocycles. The maximum absolute atomic E-state index is 13.5. The quantitative estimate of drug-likeness (QED) is 0.602. The first-order valence-corrected chi connectivity index (χ1v) is 12.7. The first-order chi connectivity index (χ1) is 15.6. The SMILES string of the molecule is COc1ccc(S(=O)(=O)N2CCC(C(=O)N(c3cc(C)ccc3C)C(C)C)CC2)cc1OC. The van der Waals surface area contributed by atoms with Crippen LogP contribution in [-0.4, -0.2) is 52.0 Å². The number of anilines is 1. The number of carbonyl (C=O) groups excluding carboxylic acids is 1. The average Bonchev–Trinajstić information content (AvgIpc) is 2.80. The van der Waals surface area contributed by atoms with Gasteiger partial charge in [-0.2, -0.15) is 4.31 Å². The molecular formula is C25H34N2O5S. The zero-order valence-electron chi connectivity index (χ0n) is 20.3. The van der Waals surface area contributed by atoms with Gasteiger partial charge in [0.2, 0.25) is 15.9 Å². The molecule has 1 aliphatic rings. The molecule has 33 heavy (non-hydrogen) atoms. The van der Waals surface area contributed by atoms with Crippen LogP contribution in [0.4, 0.5) is 5.69 Å². The number of aryl methyl sites for hydroxylation is 2. The number of benzene rings is 2. The van der Waals surface area contributed by atoms with Crippen molar-refractivity contribution in [1.29, 1.82) is 0 Å². The summed E-state index contributed by atoms with van der Waals surface area (Å²) in [6.45, 7) is 8.64. The van der Waals surface area contributed by atoms with Crippen molar-refractivity contribution in [3.05, 3.63) is 47.5 Å². The third kappa shape index (κ3) is 5.17. The number of amides is 1. The number of nitrogens with zero attached hydrogens (tertiary/aromatic N) is 2. The molecule has 3 rings (SSSR count). The van der Waals surface area contributed by atoms with Gasteiger partial charge >= 0.3 is 0 Å². The molecule has 1 amide bonds.